The van der Waals surface area contributed by atoms with E-state index in [9.17, 15) is 0 Å². The van der Waals surface area contributed by atoms with E-state index in [2.05, 4.69) is 17.6 Å². The van der Waals surface area contributed by atoms with Gasteiger partial charge in [0.1, 0.15) is 0 Å². The standard InChI is InChI=1S/C9H9ClN2S/c10-12-11-9(7-13-12)6-8-4-2-1-3-5-8/h1-5,7,11H,6H2. The minimum atomic E-state index is 0.900. The highest BCUT2D eigenvalue weighted by atomic mass is 35.5. The second kappa shape index (κ2) is 4.05. The molecule has 1 aromatic carbocycles. The number of benzene rings is 1. The fourth-order valence-corrected chi connectivity index (χ4v) is 1.93. The van der Waals surface area contributed by atoms with Gasteiger partial charge in [0.25, 0.3) is 0 Å². The Morgan fingerprint density at radius 2 is 2.08 bits per heavy atom. The van der Waals surface area contributed by atoms with Crippen LogP contribution in [-0.2, 0) is 6.42 Å². The van der Waals surface area contributed by atoms with Crippen LogP contribution in [0.25, 0.3) is 0 Å². The summed E-state index contributed by atoms with van der Waals surface area (Å²) >= 11 is 7.16. The molecule has 0 amide bonds. The molecule has 0 unspecified atom stereocenters. The van der Waals surface area contributed by atoms with Crippen LogP contribution in [0.2, 0.25) is 0 Å². The van der Waals surface area contributed by atoms with E-state index in [0.29, 0.717) is 0 Å². The molecule has 0 aliphatic carbocycles. The van der Waals surface area contributed by atoms with Crippen LogP contribution in [-0.4, -0.2) is 3.93 Å². The van der Waals surface area contributed by atoms with Gasteiger partial charge in [-0.05, 0) is 17.5 Å². The summed E-state index contributed by atoms with van der Waals surface area (Å²) < 4.78 is 1.47. The van der Waals surface area contributed by atoms with Crippen molar-refractivity contribution in [2.24, 2.45) is 0 Å². The summed E-state index contributed by atoms with van der Waals surface area (Å²) in [5.74, 6) is 0. The van der Waals surface area contributed by atoms with E-state index in [1.165, 1.54) is 21.4 Å². The first kappa shape index (κ1) is 8.94. The molecule has 0 aromatic heterocycles. The lowest BCUT2D eigenvalue weighted by Gasteiger charge is -2.06. The minimum absolute atomic E-state index is 0.900. The molecule has 1 aromatic rings. The molecule has 0 atom stereocenters. The van der Waals surface area contributed by atoms with E-state index in [0.717, 1.165) is 12.1 Å². The van der Waals surface area contributed by atoms with Crippen molar-refractivity contribution in [1.82, 2.24) is 9.36 Å². The average Bonchev–Trinajstić information content (AvgIpc) is 2.53. The zero-order valence-corrected chi connectivity index (χ0v) is 8.48. The molecule has 4 heteroatoms. The Balaban J connectivity index is 2.00. The molecule has 2 rings (SSSR count). The lowest BCUT2D eigenvalue weighted by atomic mass is 10.1. The molecule has 1 heterocycles. The van der Waals surface area contributed by atoms with Crippen molar-refractivity contribution in [2.45, 2.75) is 6.42 Å². The molecule has 13 heavy (non-hydrogen) atoms. The fourth-order valence-electron chi connectivity index (χ4n) is 1.17. The topological polar surface area (TPSA) is 15.3 Å². The second-order valence-electron chi connectivity index (χ2n) is 2.77. The molecule has 1 aliphatic rings. The number of nitrogens with zero attached hydrogens (tertiary/aromatic N) is 1. The minimum Gasteiger partial charge on any atom is -0.298 e. The van der Waals surface area contributed by atoms with Gasteiger partial charge in [-0.1, -0.05) is 34.3 Å². The molecule has 0 bridgehead atoms. The van der Waals surface area contributed by atoms with Gasteiger partial charge in [0.05, 0.1) is 0 Å². The van der Waals surface area contributed by atoms with Gasteiger partial charge in [0.15, 0.2) is 0 Å². The summed E-state index contributed by atoms with van der Waals surface area (Å²) in [5.41, 5.74) is 5.44. The number of halogens is 1. The highest BCUT2D eigenvalue weighted by Gasteiger charge is 2.11. The monoisotopic (exact) mass is 212 g/mol. The predicted molar refractivity (Wildman–Crippen MR) is 56.6 cm³/mol. The van der Waals surface area contributed by atoms with Gasteiger partial charge in [-0.25, -0.2) is 0 Å². The summed E-state index contributed by atoms with van der Waals surface area (Å²) in [5, 5.41) is 2.01. The van der Waals surface area contributed by atoms with Gasteiger partial charge in [-0.15, -0.1) is 0 Å². The summed E-state index contributed by atoms with van der Waals surface area (Å²) in [7, 11) is 0. The SMILES string of the molecule is ClN1NC(Cc2ccccc2)=CS1. The van der Waals surface area contributed by atoms with Crippen molar-refractivity contribution in [1.29, 1.82) is 0 Å². The molecule has 0 spiro atoms. The first-order valence-electron chi connectivity index (χ1n) is 3.97. The molecular formula is C9H9ClN2S. The zero-order valence-electron chi connectivity index (χ0n) is 6.90. The third-order valence-corrected chi connectivity index (χ3v) is 2.75. The molecule has 2 nitrogen and oxygen atoms in total. The molecule has 0 saturated heterocycles. The molecule has 0 fully saturated rings. The molecule has 0 saturated carbocycles. The maximum atomic E-state index is 5.71. The van der Waals surface area contributed by atoms with E-state index >= 15 is 0 Å². The number of hydrogen-bond donors (Lipinski definition) is 1. The number of hydrogen-bond acceptors (Lipinski definition) is 3. The van der Waals surface area contributed by atoms with Gasteiger partial charge >= 0.3 is 0 Å². The Labute approximate surface area is 86.8 Å². The molecular weight excluding hydrogens is 204 g/mol. The Hall–Kier alpha value is -0.640. The van der Waals surface area contributed by atoms with Crippen LogP contribution in [0, 0.1) is 0 Å². The summed E-state index contributed by atoms with van der Waals surface area (Å²) in [6.45, 7) is 0. The quantitative estimate of drug-likeness (QED) is 0.600. The lowest BCUT2D eigenvalue weighted by Crippen LogP contribution is -2.18. The van der Waals surface area contributed by atoms with Gasteiger partial charge in [-0.2, -0.15) is 0 Å². The smallest absolute Gasteiger partial charge is 0.0407 e. The van der Waals surface area contributed by atoms with Crippen molar-refractivity contribution < 1.29 is 0 Å². The van der Waals surface area contributed by atoms with E-state index in [-0.39, 0.29) is 0 Å². The number of hydrazine groups is 1. The van der Waals surface area contributed by atoms with E-state index in [1.807, 2.05) is 23.6 Å². The predicted octanol–water partition coefficient (Wildman–Crippen LogP) is 2.69. The molecule has 1 N–H and O–H groups in total. The largest absolute Gasteiger partial charge is 0.298 e. The molecule has 0 radical (unpaired) electrons. The summed E-state index contributed by atoms with van der Waals surface area (Å²) in [6.07, 6.45) is 0.900. The van der Waals surface area contributed by atoms with Crippen LogP contribution in [0.5, 0.6) is 0 Å². The third-order valence-electron chi connectivity index (χ3n) is 1.76. The van der Waals surface area contributed by atoms with E-state index in [4.69, 9.17) is 11.8 Å². The summed E-state index contributed by atoms with van der Waals surface area (Å²) in [6, 6.07) is 10.3. The third kappa shape index (κ3) is 2.40. The first-order chi connectivity index (χ1) is 6.34. The molecule has 68 valence electrons. The number of nitrogens with one attached hydrogen (secondary N) is 1. The second-order valence-corrected chi connectivity index (χ2v) is 4.12. The van der Waals surface area contributed by atoms with Gasteiger partial charge in [-0.3, -0.25) is 5.43 Å². The van der Waals surface area contributed by atoms with Crippen LogP contribution < -0.4 is 5.43 Å². The van der Waals surface area contributed by atoms with Crippen molar-refractivity contribution in [3.8, 4) is 0 Å². The zero-order chi connectivity index (χ0) is 9.10. The number of rotatable bonds is 2. The van der Waals surface area contributed by atoms with Gasteiger partial charge in [0.2, 0.25) is 0 Å². The Morgan fingerprint density at radius 3 is 2.69 bits per heavy atom. The van der Waals surface area contributed by atoms with Crippen LogP contribution >= 0.6 is 23.7 Å². The Bertz CT molecular complexity index is 313. The van der Waals surface area contributed by atoms with Crippen molar-refractivity contribution >= 4 is 23.7 Å². The first-order valence-corrected chi connectivity index (χ1v) is 5.14. The lowest BCUT2D eigenvalue weighted by molar-refractivity contribution is 0.605. The van der Waals surface area contributed by atoms with E-state index in [1.54, 1.807) is 0 Å². The van der Waals surface area contributed by atoms with Gasteiger partial charge in [0, 0.05) is 29.3 Å². The van der Waals surface area contributed by atoms with Crippen LogP contribution in [0.1, 0.15) is 5.56 Å². The van der Waals surface area contributed by atoms with Crippen molar-refractivity contribution in [3.05, 3.63) is 47.0 Å². The van der Waals surface area contributed by atoms with Crippen molar-refractivity contribution in [3.63, 3.8) is 0 Å². The highest BCUT2D eigenvalue weighted by Crippen LogP contribution is 2.23. The average molecular weight is 213 g/mol. The highest BCUT2D eigenvalue weighted by molar-refractivity contribution is 8.00. The maximum Gasteiger partial charge on any atom is 0.0407 e. The molecule has 1 aliphatic heterocycles. The van der Waals surface area contributed by atoms with Crippen LogP contribution in [0.15, 0.2) is 41.4 Å². The normalized spacial score (nSPS) is 16.8. The van der Waals surface area contributed by atoms with E-state index < -0.39 is 0 Å². The maximum absolute atomic E-state index is 5.71. The van der Waals surface area contributed by atoms with Crippen LogP contribution in [0.4, 0.5) is 0 Å². The Kier molecular flexibility index (Phi) is 2.78. The Morgan fingerprint density at radius 1 is 1.31 bits per heavy atom. The van der Waals surface area contributed by atoms with Crippen molar-refractivity contribution in [2.75, 3.05) is 0 Å². The fraction of sp³-hybridized carbons (Fsp3) is 0.111. The van der Waals surface area contributed by atoms with Gasteiger partial charge < -0.3 is 0 Å². The van der Waals surface area contributed by atoms with Crippen LogP contribution in [0.3, 0.4) is 0 Å². The number of allylic oxidation sites excluding steroid dienone is 1. The summed E-state index contributed by atoms with van der Waals surface area (Å²) in [4.78, 5) is 0.